The Morgan fingerprint density at radius 2 is 2.27 bits per heavy atom. The first-order chi connectivity index (χ1) is 7.33. The average molecular weight is 226 g/mol. The second-order valence-corrected chi connectivity index (χ2v) is 4.82. The zero-order valence-corrected chi connectivity index (χ0v) is 9.93. The van der Waals surface area contributed by atoms with E-state index in [1.807, 2.05) is 11.3 Å². The Morgan fingerprint density at radius 3 is 2.80 bits per heavy atom. The lowest BCUT2D eigenvalue weighted by atomic mass is 10.1. The second kappa shape index (κ2) is 5.07. The molecule has 3 nitrogen and oxygen atoms in total. The lowest BCUT2D eigenvalue weighted by molar-refractivity contribution is 0.0185. The molecule has 2 N–H and O–H groups in total. The van der Waals surface area contributed by atoms with E-state index in [4.69, 9.17) is 10.5 Å². The molecule has 1 aromatic rings. The third-order valence-corrected chi connectivity index (χ3v) is 4.03. The smallest absolute Gasteiger partial charge is 0.0594 e. The number of thiophene rings is 1. The van der Waals surface area contributed by atoms with Crippen molar-refractivity contribution in [2.75, 3.05) is 32.8 Å². The van der Waals surface area contributed by atoms with Crippen LogP contribution < -0.4 is 5.73 Å². The highest BCUT2D eigenvalue weighted by Crippen LogP contribution is 2.28. The van der Waals surface area contributed by atoms with E-state index in [1.165, 1.54) is 10.4 Å². The largest absolute Gasteiger partial charge is 0.379 e. The second-order valence-electron chi connectivity index (χ2n) is 3.87. The zero-order valence-electron chi connectivity index (χ0n) is 9.11. The maximum atomic E-state index is 5.89. The number of aryl methyl sites for hydroxylation is 1. The molecule has 2 rings (SSSR count). The molecule has 1 atom stereocenters. The van der Waals surface area contributed by atoms with E-state index in [2.05, 4.69) is 23.3 Å². The molecule has 1 unspecified atom stereocenters. The third-order valence-electron chi connectivity index (χ3n) is 2.91. The quantitative estimate of drug-likeness (QED) is 0.846. The van der Waals surface area contributed by atoms with Gasteiger partial charge in [-0.3, -0.25) is 4.90 Å². The lowest BCUT2D eigenvalue weighted by Gasteiger charge is -2.33. The van der Waals surface area contributed by atoms with E-state index in [0.717, 1.165) is 26.3 Å². The summed E-state index contributed by atoms with van der Waals surface area (Å²) >= 11 is 1.81. The fourth-order valence-electron chi connectivity index (χ4n) is 2.04. The van der Waals surface area contributed by atoms with Gasteiger partial charge in [0.2, 0.25) is 0 Å². The van der Waals surface area contributed by atoms with Crippen molar-refractivity contribution < 1.29 is 4.74 Å². The molecule has 2 heterocycles. The Bertz CT molecular complexity index is 307. The standard InChI is InChI=1S/C11H18N2OS/c1-9-2-7-15-11(9)10(8-12)13-3-5-14-6-4-13/h2,7,10H,3-6,8,12H2,1H3. The minimum absolute atomic E-state index is 0.383. The van der Waals surface area contributed by atoms with Gasteiger partial charge in [-0.15, -0.1) is 11.3 Å². The van der Waals surface area contributed by atoms with E-state index in [1.54, 1.807) is 0 Å². The van der Waals surface area contributed by atoms with Crippen LogP contribution in [0.1, 0.15) is 16.5 Å². The number of rotatable bonds is 3. The van der Waals surface area contributed by atoms with Crippen LogP contribution >= 0.6 is 11.3 Å². The van der Waals surface area contributed by atoms with Crippen molar-refractivity contribution in [3.63, 3.8) is 0 Å². The van der Waals surface area contributed by atoms with Gasteiger partial charge in [0.25, 0.3) is 0 Å². The SMILES string of the molecule is Cc1ccsc1C(CN)N1CCOCC1. The predicted molar refractivity (Wildman–Crippen MR) is 63.2 cm³/mol. The Kier molecular flexibility index (Phi) is 3.75. The van der Waals surface area contributed by atoms with Crippen LogP contribution in [0, 0.1) is 6.92 Å². The van der Waals surface area contributed by atoms with Crippen molar-refractivity contribution in [2.45, 2.75) is 13.0 Å². The Hall–Kier alpha value is -0.420. The number of nitrogens with zero attached hydrogens (tertiary/aromatic N) is 1. The Balaban J connectivity index is 2.12. The van der Waals surface area contributed by atoms with Gasteiger partial charge in [-0.05, 0) is 23.9 Å². The van der Waals surface area contributed by atoms with Crippen LogP contribution in [0.5, 0.6) is 0 Å². The number of hydrogen-bond donors (Lipinski definition) is 1. The molecule has 1 aromatic heterocycles. The van der Waals surface area contributed by atoms with Crippen molar-refractivity contribution in [1.29, 1.82) is 0 Å². The van der Waals surface area contributed by atoms with Gasteiger partial charge in [0.15, 0.2) is 0 Å². The molecule has 0 aliphatic carbocycles. The van der Waals surface area contributed by atoms with Gasteiger partial charge >= 0.3 is 0 Å². The van der Waals surface area contributed by atoms with E-state index < -0.39 is 0 Å². The normalized spacial score (nSPS) is 20.4. The minimum Gasteiger partial charge on any atom is -0.379 e. The van der Waals surface area contributed by atoms with Gasteiger partial charge in [0.05, 0.1) is 19.3 Å². The van der Waals surface area contributed by atoms with Gasteiger partial charge in [-0.2, -0.15) is 0 Å². The van der Waals surface area contributed by atoms with Crippen LogP contribution in [0.4, 0.5) is 0 Å². The first-order valence-corrected chi connectivity index (χ1v) is 6.26. The molecule has 0 saturated carbocycles. The summed E-state index contributed by atoms with van der Waals surface area (Å²) in [6, 6.07) is 2.55. The molecule has 0 bridgehead atoms. The van der Waals surface area contributed by atoms with Crippen LogP contribution in [-0.4, -0.2) is 37.7 Å². The molecule has 1 aliphatic heterocycles. The van der Waals surface area contributed by atoms with E-state index >= 15 is 0 Å². The van der Waals surface area contributed by atoms with Crippen LogP contribution in [0.3, 0.4) is 0 Å². The predicted octanol–water partition coefficient (Wildman–Crippen LogP) is 1.39. The molecule has 84 valence electrons. The highest BCUT2D eigenvalue weighted by Gasteiger charge is 2.23. The summed E-state index contributed by atoms with van der Waals surface area (Å²) in [6.07, 6.45) is 0. The summed E-state index contributed by atoms with van der Waals surface area (Å²) in [6.45, 7) is 6.52. The van der Waals surface area contributed by atoms with E-state index in [9.17, 15) is 0 Å². The molecule has 0 radical (unpaired) electrons. The number of morpholine rings is 1. The van der Waals surface area contributed by atoms with Crippen molar-refractivity contribution in [3.8, 4) is 0 Å². The first kappa shape index (κ1) is 11.1. The molecule has 1 saturated heterocycles. The first-order valence-electron chi connectivity index (χ1n) is 5.39. The van der Waals surface area contributed by atoms with Gasteiger partial charge in [0.1, 0.15) is 0 Å². The molecular formula is C11H18N2OS. The highest BCUT2D eigenvalue weighted by molar-refractivity contribution is 7.10. The van der Waals surface area contributed by atoms with Gasteiger partial charge in [0, 0.05) is 24.5 Å². The van der Waals surface area contributed by atoms with Crippen LogP contribution in [0.15, 0.2) is 11.4 Å². The fraction of sp³-hybridized carbons (Fsp3) is 0.636. The number of hydrogen-bond acceptors (Lipinski definition) is 4. The zero-order chi connectivity index (χ0) is 10.7. The van der Waals surface area contributed by atoms with E-state index in [0.29, 0.717) is 12.6 Å². The van der Waals surface area contributed by atoms with E-state index in [-0.39, 0.29) is 0 Å². The van der Waals surface area contributed by atoms with Crippen LogP contribution in [0.2, 0.25) is 0 Å². The third kappa shape index (κ3) is 2.39. The van der Waals surface area contributed by atoms with Crippen LogP contribution in [-0.2, 0) is 4.74 Å². The summed E-state index contributed by atoms with van der Waals surface area (Å²) in [5, 5.41) is 2.15. The molecule has 1 aliphatic rings. The molecule has 0 spiro atoms. The maximum Gasteiger partial charge on any atom is 0.0594 e. The minimum atomic E-state index is 0.383. The van der Waals surface area contributed by atoms with Crippen molar-refractivity contribution in [1.82, 2.24) is 4.90 Å². The van der Waals surface area contributed by atoms with Crippen molar-refractivity contribution >= 4 is 11.3 Å². The highest BCUT2D eigenvalue weighted by atomic mass is 32.1. The molecule has 1 fully saturated rings. The van der Waals surface area contributed by atoms with Crippen molar-refractivity contribution in [3.05, 3.63) is 21.9 Å². The monoisotopic (exact) mass is 226 g/mol. The molecule has 4 heteroatoms. The summed E-state index contributed by atoms with van der Waals surface area (Å²) < 4.78 is 5.36. The van der Waals surface area contributed by atoms with Crippen LogP contribution in [0.25, 0.3) is 0 Å². The summed E-state index contributed by atoms with van der Waals surface area (Å²) in [5.41, 5.74) is 7.25. The summed E-state index contributed by atoms with van der Waals surface area (Å²) in [7, 11) is 0. The van der Waals surface area contributed by atoms with Crippen molar-refractivity contribution in [2.24, 2.45) is 5.73 Å². The Labute approximate surface area is 94.8 Å². The van der Waals surface area contributed by atoms with Gasteiger partial charge in [-0.1, -0.05) is 0 Å². The molecule has 15 heavy (non-hydrogen) atoms. The molecule has 0 amide bonds. The Morgan fingerprint density at radius 1 is 1.53 bits per heavy atom. The van der Waals surface area contributed by atoms with Gasteiger partial charge < -0.3 is 10.5 Å². The average Bonchev–Trinajstić information content (AvgIpc) is 2.68. The number of ether oxygens (including phenoxy) is 1. The maximum absolute atomic E-state index is 5.89. The number of nitrogens with two attached hydrogens (primary N) is 1. The molecule has 0 aromatic carbocycles. The fourth-order valence-corrected chi connectivity index (χ4v) is 3.11. The van der Waals surface area contributed by atoms with Gasteiger partial charge in [-0.25, -0.2) is 0 Å². The summed E-state index contributed by atoms with van der Waals surface area (Å²) in [5.74, 6) is 0. The topological polar surface area (TPSA) is 38.5 Å². The summed E-state index contributed by atoms with van der Waals surface area (Å²) in [4.78, 5) is 3.85. The molecular weight excluding hydrogens is 208 g/mol. The lowest BCUT2D eigenvalue weighted by Crippen LogP contribution is -2.41.